The molecule has 5 heteroatoms. The lowest BCUT2D eigenvalue weighted by atomic mass is 10.0. The van der Waals surface area contributed by atoms with Crippen molar-refractivity contribution in [3.05, 3.63) is 29.8 Å². The average Bonchev–Trinajstić information content (AvgIpc) is 2.35. The second-order valence-corrected chi connectivity index (χ2v) is 4.92. The first-order chi connectivity index (χ1) is 8.82. The number of carbonyl (C=O) groups is 2. The Bertz CT molecular complexity index is 454. The number of amides is 1. The predicted molar refractivity (Wildman–Crippen MR) is 74.0 cm³/mol. The molecule has 1 atom stereocenters. The van der Waals surface area contributed by atoms with Gasteiger partial charge in [0.2, 0.25) is 5.91 Å². The van der Waals surface area contributed by atoms with E-state index in [1.54, 1.807) is 12.1 Å². The lowest BCUT2D eigenvalue weighted by molar-refractivity contribution is -0.136. The summed E-state index contributed by atoms with van der Waals surface area (Å²) in [6.45, 7) is 5.20. The number of aryl methyl sites for hydroxylation is 1. The first kappa shape index (κ1) is 15.2. The van der Waals surface area contributed by atoms with E-state index in [9.17, 15) is 9.59 Å². The van der Waals surface area contributed by atoms with E-state index in [2.05, 4.69) is 0 Å². The molecule has 1 aromatic carbocycles. The second-order valence-electron chi connectivity index (χ2n) is 4.92. The summed E-state index contributed by atoms with van der Waals surface area (Å²) >= 11 is 0. The third-order valence-electron chi connectivity index (χ3n) is 2.91. The summed E-state index contributed by atoms with van der Waals surface area (Å²) in [4.78, 5) is 24.4. The van der Waals surface area contributed by atoms with Crippen LogP contribution in [0.25, 0.3) is 0 Å². The highest BCUT2D eigenvalue weighted by atomic mass is 16.4. The number of carboxylic acid groups (broad SMARTS) is 1. The number of anilines is 1. The molecule has 5 nitrogen and oxygen atoms in total. The Morgan fingerprint density at radius 1 is 1.26 bits per heavy atom. The number of nitrogens with two attached hydrogens (primary N) is 1. The van der Waals surface area contributed by atoms with Gasteiger partial charge in [-0.05, 0) is 25.0 Å². The first-order valence-corrected chi connectivity index (χ1v) is 6.18. The topological polar surface area (TPSA) is 83.6 Å². The van der Waals surface area contributed by atoms with Crippen molar-refractivity contribution in [2.24, 2.45) is 11.7 Å². The Hall–Kier alpha value is -1.88. The van der Waals surface area contributed by atoms with Gasteiger partial charge in [-0.1, -0.05) is 31.5 Å². The van der Waals surface area contributed by atoms with Crippen molar-refractivity contribution in [1.29, 1.82) is 0 Å². The van der Waals surface area contributed by atoms with Crippen molar-refractivity contribution < 1.29 is 14.7 Å². The van der Waals surface area contributed by atoms with Gasteiger partial charge in [-0.25, -0.2) is 0 Å². The molecule has 3 N–H and O–H groups in total. The molecule has 1 amide bonds. The molecule has 0 aliphatic carbocycles. The first-order valence-electron chi connectivity index (χ1n) is 6.18. The van der Waals surface area contributed by atoms with Gasteiger partial charge in [0.05, 0.1) is 6.04 Å². The van der Waals surface area contributed by atoms with Crippen LogP contribution in [0, 0.1) is 12.8 Å². The lowest BCUT2D eigenvalue weighted by Crippen LogP contribution is -2.48. The number of rotatable bonds is 5. The monoisotopic (exact) mass is 264 g/mol. The van der Waals surface area contributed by atoms with Gasteiger partial charge in [-0.15, -0.1) is 0 Å². The van der Waals surface area contributed by atoms with E-state index in [4.69, 9.17) is 10.8 Å². The molecule has 0 fully saturated rings. The molecule has 19 heavy (non-hydrogen) atoms. The van der Waals surface area contributed by atoms with Gasteiger partial charge in [-0.3, -0.25) is 14.5 Å². The summed E-state index contributed by atoms with van der Waals surface area (Å²) < 4.78 is 0. The minimum absolute atomic E-state index is 0.0470. The van der Waals surface area contributed by atoms with Crippen molar-refractivity contribution >= 4 is 17.6 Å². The molecule has 0 saturated heterocycles. The Morgan fingerprint density at radius 2 is 1.79 bits per heavy atom. The maximum Gasteiger partial charge on any atom is 0.323 e. The smallest absolute Gasteiger partial charge is 0.323 e. The normalized spacial score (nSPS) is 12.3. The third-order valence-corrected chi connectivity index (χ3v) is 2.91. The lowest BCUT2D eigenvalue weighted by Gasteiger charge is -2.26. The molecule has 0 aromatic heterocycles. The van der Waals surface area contributed by atoms with Crippen LogP contribution in [-0.2, 0) is 9.59 Å². The van der Waals surface area contributed by atoms with Gasteiger partial charge in [0.1, 0.15) is 6.54 Å². The zero-order chi connectivity index (χ0) is 14.6. The summed E-state index contributed by atoms with van der Waals surface area (Å²) in [5, 5.41) is 8.93. The van der Waals surface area contributed by atoms with Gasteiger partial charge >= 0.3 is 5.97 Å². The molecule has 0 bridgehead atoms. The number of benzene rings is 1. The molecule has 0 spiro atoms. The maximum atomic E-state index is 12.2. The molecule has 0 aliphatic heterocycles. The van der Waals surface area contributed by atoms with Gasteiger partial charge in [0, 0.05) is 5.69 Å². The van der Waals surface area contributed by atoms with E-state index >= 15 is 0 Å². The predicted octanol–water partition coefficient (Wildman–Crippen LogP) is 1.40. The van der Waals surface area contributed by atoms with E-state index in [0.29, 0.717) is 5.69 Å². The molecule has 0 saturated carbocycles. The van der Waals surface area contributed by atoms with Crippen LogP contribution in [0.4, 0.5) is 5.69 Å². The number of nitrogens with zero attached hydrogens (tertiary/aromatic N) is 1. The molecule has 104 valence electrons. The Morgan fingerprint density at radius 3 is 2.21 bits per heavy atom. The summed E-state index contributed by atoms with van der Waals surface area (Å²) in [6, 6.07) is 6.41. The summed E-state index contributed by atoms with van der Waals surface area (Å²) in [7, 11) is 0. The van der Waals surface area contributed by atoms with Crippen LogP contribution >= 0.6 is 0 Å². The van der Waals surface area contributed by atoms with E-state index in [1.165, 1.54) is 4.90 Å². The number of carbonyl (C=O) groups excluding carboxylic acids is 1. The Kier molecular flexibility index (Phi) is 5.06. The average molecular weight is 264 g/mol. The second kappa shape index (κ2) is 6.33. The number of carboxylic acids is 1. The van der Waals surface area contributed by atoms with Crippen molar-refractivity contribution in [3.8, 4) is 0 Å². The number of aliphatic carboxylic acids is 1. The van der Waals surface area contributed by atoms with Gasteiger partial charge in [-0.2, -0.15) is 0 Å². The van der Waals surface area contributed by atoms with Gasteiger partial charge in [0.15, 0.2) is 0 Å². The highest BCUT2D eigenvalue weighted by Crippen LogP contribution is 2.17. The fourth-order valence-electron chi connectivity index (χ4n) is 1.62. The molecule has 0 unspecified atom stereocenters. The molecule has 0 aliphatic rings. The zero-order valence-electron chi connectivity index (χ0n) is 11.5. The Balaban J connectivity index is 3.04. The highest BCUT2D eigenvalue weighted by Gasteiger charge is 2.26. The molecule has 0 heterocycles. The fourth-order valence-corrected chi connectivity index (χ4v) is 1.62. The molecular weight excluding hydrogens is 244 g/mol. The standard InChI is InChI=1S/C14H20N2O3/c1-9(2)13(15)14(19)16(8-12(17)18)11-6-4-10(3)5-7-11/h4-7,9,13H,8,15H2,1-3H3,(H,17,18)/t13-/m0/s1. The van der Waals surface area contributed by atoms with E-state index < -0.39 is 12.0 Å². The van der Waals surface area contributed by atoms with E-state index in [-0.39, 0.29) is 18.4 Å². The third kappa shape index (κ3) is 4.06. The minimum Gasteiger partial charge on any atom is -0.480 e. The van der Waals surface area contributed by atoms with Crippen molar-refractivity contribution in [3.63, 3.8) is 0 Å². The van der Waals surface area contributed by atoms with Crippen molar-refractivity contribution in [2.45, 2.75) is 26.8 Å². The van der Waals surface area contributed by atoms with Crippen molar-refractivity contribution in [2.75, 3.05) is 11.4 Å². The minimum atomic E-state index is -1.06. The van der Waals surface area contributed by atoms with Crippen LogP contribution in [0.3, 0.4) is 0 Å². The largest absolute Gasteiger partial charge is 0.480 e. The quantitative estimate of drug-likeness (QED) is 0.842. The molecule has 1 rings (SSSR count). The summed E-state index contributed by atoms with van der Waals surface area (Å²) in [5.41, 5.74) is 7.41. The van der Waals surface area contributed by atoms with Gasteiger partial charge < -0.3 is 10.8 Å². The molecule has 1 aromatic rings. The van der Waals surface area contributed by atoms with Crippen LogP contribution in [0.2, 0.25) is 0 Å². The van der Waals surface area contributed by atoms with Crippen LogP contribution in [0.1, 0.15) is 19.4 Å². The summed E-state index contributed by atoms with van der Waals surface area (Å²) in [6.07, 6.45) is 0. The van der Waals surface area contributed by atoms with Crippen molar-refractivity contribution in [1.82, 2.24) is 0 Å². The van der Waals surface area contributed by atoms with Crippen LogP contribution < -0.4 is 10.6 Å². The van der Waals surface area contributed by atoms with E-state index in [0.717, 1.165) is 5.56 Å². The van der Waals surface area contributed by atoms with Crippen LogP contribution in [-0.4, -0.2) is 29.6 Å². The number of hydrogen-bond donors (Lipinski definition) is 2. The molecule has 0 radical (unpaired) electrons. The SMILES string of the molecule is Cc1ccc(N(CC(=O)O)C(=O)[C@@H](N)C(C)C)cc1. The summed E-state index contributed by atoms with van der Waals surface area (Å²) in [5.74, 6) is -1.49. The fraction of sp³-hybridized carbons (Fsp3) is 0.429. The number of hydrogen-bond acceptors (Lipinski definition) is 3. The van der Waals surface area contributed by atoms with Crippen LogP contribution in [0.5, 0.6) is 0 Å². The maximum absolute atomic E-state index is 12.2. The highest BCUT2D eigenvalue weighted by molar-refractivity contribution is 6.00. The van der Waals surface area contributed by atoms with E-state index in [1.807, 2.05) is 32.9 Å². The zero-order valence-corrected chi connectivity index (χ0v) is 11.5. The van der Waals surface area contributed by atoms with Crippen LogP contribution in [0.15, 0.2) is 24.3 Å². The molecular formula is C14H20N2O3. The Labute approximate surface area is 113 Å². The van der Waals surface area contributed by atoms with Gasteiger partial charge in [0.25, 0.3) is 0 Å².